The van der Waals surface area contributed by atoms with Crippen molar-refractivity contribution in [3.8, 4) is 0 Å². The molecule has 0 bridgehead atoms. The van der Waals surface area contributed by atoms with E-state index in [2.05, 4.69) is 15.4 Å². The third kappa shape index (κ3) is 2.59. The number of aryl methyl sites for hydroxylation is 2. The molecular formula is C13H14F2N4. The van der Waals surface area contributed by atoms with Crippen LogP contribution in [0.2, 0.25) is 0 Å². The van der Waals surface area contributed by atoms with Crippen molar-refractivity contribution in [2.24, 2.45) is 5.84 Å². The molecule has 19 heavy (non-hydrogen) atoms. The number of nitrogens with two attached hydrogens (primary N) is 1. The zero-order valence-electron chi connectivity index (χ0n) is 10.6. The fourth-order valence-corrected chi connectivity index (χ4v) is 1.74. The van der Waals surface area contributed by atoms with Gasteiger partial charge in [-0.05, 0) is 25.0 Å². The summed E-state index contributed by atoms with van der Waals surface area (Å²) in [4.78, 5) is 8.15. The first-order valence-electron chi connectivity index (χ1n) is 5.73. The summed E-state index contributed by atoms with van der Waals surface area (Å²) in [6, 6.07) is 2.17. The maximum Gasteiger partial charge on any atom is 0.164 e. The van der Waals surface area contributed by atoms with Gasteiger partial charge in [0.1, 0.15) is 6.04 Å². The topological polar surface area (TPSA) is 63.8 Å². The summed E-state index contributed by atoms with van der Waals surface area (Å²) in [5, 5.41) is 0. The fourth-order valence-electron chi connectivity index (χ4n) is 1.74. The molecule has 1 unspecified atom stereocenters. The third-order valence-corrected chi connectivity index (χ3v) is 2.84. The first-order valence-corrected chi connectivity index (χ1v) is 5.73. The lowest BCUT2D eigenvalue weighted by molar-refractivity contribution is 0.474. The highest BCUT2D eigenvalue weighted by molar-refractivity contribution is 5.31. The standard InChI is InChI=1S/C13H14F2N4/c1-7-5-17-13(18-6-7)12(19-16)9-4-3-8(2)10(14)11(9)15/h3-6,12,19H,16H2,1-2H3. The van der Waals surface area contributed by atoms with Crippen LogP contribution in [0.5, 0.6) is 0 Å². The summed E-state index contributed by atoms with van der Waals surface area (Å²) in [6.07, 6.45) is 3.18. The lowest BCUT2D eigenvalue weighted by atomic mass is 10.0. The van der Waals surface area contributed by atoms with Gasteiger partial charge in [0.15, 0.2) is 17.5 Å². The van der Waals surface area contributed by atoms with Crippen LogP contribution in [0.3, 0.4) is 0 Å². The van der Waals surface area contributed by atoms with Crippen LogP contribution in [0, 0.1) is 25.5 Å². The third-order valence-electron chi connectivity index (χ3n) is 2.84. The predicted molar refractivity (Wildman–Crippen MR) is 67.0 cm³/mol. The van der Waals surface area contributed by atoms with E-state index in [-0.39, 0.29) is 17.0 Å². The molecule has 0 aliphatic heterocycles. The van der Waals surface area contributed by atoms with E-state index in [0.717, 1.165) is 5.56 Å². The molecule has 100 valence electrons. The van der Waals surface area contributed by atoms with Gasteiger partial charge in [-0.3, -0.25) is 5.84 Å². The van der Waals surface area contributed by atoms with Crippen molar-refractivity contribution < 1.29 is 8.78 Å². The van der Waals surface area contributed by atoms with Crippen molar-refractivity contribution in [2.45, 2.75) is 19.9 Å². The first-order chi connectivity index (χ1) is 9.04. The Morgan fingerprint density at radius 2 is 1.74 bits per heavy atom. The van der Waals surface area contributed by atoms with E-state index in [4.69, 9.17) is 5.84 Å². The van der Waals surface area contributed by atoms with Crippen LogP contribution in [-0.4, -0.2) is 9.97 Å². The van der Waals surface area contributed by atoms with E-state index < -0.39 is 17.7 Å². The Labute approximate surface area is 109 Å². The zero-order valence-corrected chi connectivity index (χ0v) is 10.6. The van der Waals surface area contributed by atoms with E-state index in [1.165, 1.54) is 19.1 Å². The zero-order chi connectivity index (χ0) is 14.0. The van der Waals surface area contributed by atoms with Gasteiger partial charge >= 0.3 is 0 Å². The molecule has 0 saturated carbocycles. The smallest absolute Gasteiger partial charge is 0.164 e. The Bertz CT molecular complexity index is 584. The molecule has 1 atom stereocenters. The molecule has 1 aromatic carbocycles. The van der Waals surface area contributed by atoms with Gasteiger partial charge in [-0.2, -0.15) is 0 Å². The monoisotopic (exact) mass is 264 g/mol. The van der Waals surface area contributed by atoms with Gasteiger partial charge in [0.2, 0.25) is 0 Å². The van der Waals surface area contributed by atoms with Gasteiger partial charge in [-0.15, -0.1) is 0 Å². The van der Waals surface area contributed by atoms with Gasteiger partial charge in [0.25, 0.3) is 0 Å². The van der Waals surface area contributed by atoms with Crippen molar-refractivity contribution in [3.05, 3.63) is 58.7 Å². The predicted octanol–water partition coefficient (Wildman–Crippen LogP) is 1.92. The quantitative estimate of drug-likeness (QED) is 0.656. The molecule has 0 amide bonds. The van der Waals surface area contributed by atoms with Crippen LogP contribution in [-0.2, 0) is 0 Å². The summed E-state index contributed by atoms with van der Waals surface area (Å²) in [5.41, 5.74) is 3.60. The number of nitrogens with one attached hydrogen (secondary N) is 1. The van der Waals surface area contributed by atoms with E-state index >= 15 is 0 Å². The van der Waals surface area contributed by atoms with Crippen molar-refractivity contribution in [3.63, 3.8) is 0 Å². The molecule has 0 aliphatic carbocycles. The van der Waals surface area contributed by atoms with Crippen LogP contribution in [0.4, 0.5) is 8.78 Å². The fraction of sp³-hybridized carbons (Fsp3) is 0.231. The molecule has 1 heterocycles. The number of hydrogen-bond acceptors (Lipinski definition) is 4. The summed E-state index contributed by atoms with van der Waals surface area (Å²) in [5.74, 6) is 3.88. The summed E-state index contributed by atoms with van der Waals surface area (Å²) >= 11 is 0. The maximum atomic E-state index is 13.9. The van der Waals surface area contributed by atoms with E-state index in [9.17, 15) is 8.78 Å². The van der Waals surface area contributed by atoms with Crippen molar-refractivity contribution in [1.82, 2.24) is 15.4 Å². The molecule has 6 heteroatoms. The minimum atomic E-state index is -0.938. The molecule has 3 N–H and O–H groups in total. The Kier molecular flexibility index (Phi) is 3.82. The van der Waals surface area contributed by atoms with Gasteiger partial charge in [-0.1, -0.05) is 12.1 Å². The highest BCUT2D eigenvalue weighted by atomic mass is 19.2. The second-order valence-corrected chi connectivity index (χ2v) is 4.32. The van der Waals surface area contributed by atoms with E-state index in [1.54, 1.807) is 12.4 Å². The van der Waals surface area contributed by atoms with Gasteiger partial charge in [-0.25, -0.2) is 24.2 Å². The Morgan fingerprint density at radius 3 is 2.32 bits per heavy atom. The van der Waals surface area contributed by atoms with Crippen molar-refractivity contribution in [2.75, 3.05) is 0 Å². The maximum absolute atomic E-state index is 13.9. The molecule has 2 rings (SSSR count). The second-order valence-electron chi connectivity index (χ2n) is 4.32. The second kappa shape index (κ2) is 5.38. The number of hydrogen-bond donors (Lipinski definition) is 2. The lowest BCUT2D eigenvalue weighted by Crippen LogP contribution is -2.31. The van der Waals surface area contributed by atoms with Crippen LogP contribution >= 0.6 is 0 Å². The van der Waals surface area contributed by atoms with E-state index in [0.29, 0.717) is 0 Å². The summed E-state index contributed by atoms with van der Waals surface area (Å²) < 4.78 is 27.5. The van der Waals surface area contributed by atoms with Crippen LogP contribution < -0.4 is 11.3 Å². The largest absolute Gasteiger partial charge is 0.270 e. The molecule has 1 aromatic heterocycles. The molecule has 0 saturated heterocycles. The molecule has 0 aliphatic rings. The molecule has 0 fully saturated rings. The average molecular weight is 264 g/mol. The van der Waals surface area contributed by atoms with Crippen molar-refractivity contribution in [1.29, 1.82) is 0 Å². The average Bonchev–Trinajstić information content (AvgIpc) is 2.41. The minimum Gasteiger partial charge on any atom is -0.270 e. The van der Waals surface area contributed by atoms with E-state index in [1.807, 2.05) is 6.92 Å². The lowest BCUT2D eigenvalue weighted by Gasteiger charge is -2.16. The molecule has 4 nitrogen and oxygen atoms in total. The van der Waals surface area contributed by atoms with Gasteiger partial charge in [0.05, 0.1) is 0 Å². The minimum absolute atomic E-state index is 0.0782. The highest BCUT2D eigenvalue weighted by Crippen LogP contribution is 2.24. The summed E-state index contributed by atoms with van der Waals surface area (Å²) in [6.45, 7) is 3.33. The molecule has 2 aromatic rings. The van der Waals surface area contributed by atoms with Crippen LogP contribution in [0.15, 0.2) is 24.5 Å². The Balaban J connectivity index is 2.48. The van der Waals surface area contributed by atoms with Crippen molar-refractivity contribution >= 4 is 0 Å². The first kappa shape index (κ1) is 13.5. The Hall–Kier alpha value is -1.92. The number of halogens is 2. The number of rotatable bonds is 3. The SMILES string of the molecule is Cc1cnc(C(NN)c2ccc(C)c(F)c2F)nc1. The number of nitrogens with zero attached hydrogens (tertiary/aromatic N) is 2. The molecular weight excluding hydrogens is 250 g/mol. The van der Waals surface area contributed by atoms with Crippen LogP contribution in [0.25, 0.3) is 0 Å². The highest BCUT2D eigenvalue weighted by Gasteiger charge is 2.22. The normalized spacial score (nSPS) is 12.5. The Morgan fingerprint density at radius 1 is 1.11 bits per heavy atom. The molecule has 0 radical (unpaired) electrons. The van der Waals surface area contributed by atoms with Crippen LogP contribution in [0.1, 0.15) is 28.6 Å². The number of aromatic nitrogens is 2. The summed E-state index contributed by atoms with van der Waals surface area (Å²) in [7, 11) is 0. The van der Waals surface area contributed by atoms with Gasteiger partial charge < -0.3 is 0 Å². The number of benzene rings is 1. The number of hydrazine groups is 1. The molecule has 0 spiro atoms. The van der Waals surface area contributed by atoms with Gasteiger partial charge in [0, 0.05) is 18.0 Å².